The summed E-state index contributed by atoms with van der Waals surface area (Å²) in [6.45, 7) is 1.93. The molecule has 0 saturated carbocycles. The number of nitrogens with zero attached hydrogens (tertiary/aromatic N) is 1. The van der Waals surface area contributed by atoms with Crippen molar-refractivity contribution in [2.75, 3.05) is 19.5 Å². The SMILES string of the molecule is COc1ccc([C@H]2CC(=O)C3=C(C2)Nc2onc(C)c2[C@@H]3c2ccsc2)cc1OC. The maximum Gasteiger partial charge on any atom is 0.233 e. The van der Waals surface area contributed by atoms with Crippen molar-refractivity contribution >= 4 is 23.0 Å². The second kappa shape index (κ2) is 7.32. The summed E-state index contributed by atoms with van der Waals surface area (Å²) in [5, 5.41) is 11.7. The molecule has 154 valence electrons. The van der Waals surface area contributed by atoms with Gasteiger partial charge >= 0.3 is 0 Å². The Morgan fingerprint density at radius 2 is 1.97 bits per heavy atom. The van der Waals surface area contributed by atoms with Crippen LogP contribution in [0.1, 0.15) is 47.1 Å². The number of methoxy groups -OCH3 is 2. The molecule has 1 aliphatic heterocycles. The number of nitrogens with one attached hydrogen (secondary N) is 1. The summed E-state index contributed by atoms with van der Waals surface area (Å²) in [6, 6.07) is 7.94. The van der Waals surface area contributed by atoms with Gasteiger partial charge in [-0.2, -0.15) is 11.3 Å². The molecular formula is C23H22N2O4S. The van der Waals surface area contributed by atoms with Gasteiger partial charge in [0.1, 0.15) is 0 Å². The van der Waals surface area contributed by atoms with E-state index in [-0.39, 0.29) is 17.6 Å². The highest BCUT2D eigenvalue weighted by Gasteiger charge is 2.41. The lowest BCUT2D eigenvalue weighted by molar-refractivity contribution is -0.116. The number of allylic oxidation sites excluding steroid dienone is 2. The quantitative estimate of drug-likeness (QED) is 0.636. The van der Waals surface area contributed by atoms with Gasteiger partial charge in [-0.15, -0.1) is 0 Å². The smallest absolute Gasteiger partial charge is 0.233 e. The van der Waals surface area contributed by atoms with E-state index in [4.69, 9.17) is 14.0 Å². The van der Waals surface area contributed by atoms with Crippen molar-refractivity contribution in [3.8, 4) is 11.5 Å². The molecule has 2 aromatic heterocycles. The molecule has 1 aliphatic carbocycles. The number of aromatic nitrogens is 1. The molecular weight excluding hydrogens is 400 g/mol. The minimum atomic E-state index is -0.132. The molecule has 3 heterocycles. The predicted octanol–water partition coefficient (Wildman–Crippen LogP) is 5.02. The summed E-state index contributed by atoms with van der Waals surface area (Å²) in [5.74, 6) is 2.07. The number of rotatable bonds is 4. The first-order valence-electron chi connectivity index (χ1n) is 9.84. The van der Waals surface area contributed by atoms with Crippen LogP contribution in [0.5, 0.6) is 11.5 Å². The summed E-state index contributed by atoms with van der Waals surface area (Å²) in [5.41, 5.74) is 5.70. The van der Waals surface area contributed by atoms with Gasteiger partial charge in [-0.05, 0) is 59.3 Å². The Kier molecular flexibility index (Phi) is 4.62. The van der Waals surface area contributed by atoms with Crippen LogP contribution in [0.4, 0.5) is 5.88 Å². The van der Waals surface area contributed by atoms with Gasteiger partial charge in [-0.1, -0.05) is 11.2 Å². The van der Waals surface area contributed by atoms with Crippen molar-refractivity contribution in [2.24, 2.45) is 0 Å². The molecule has 5 rings (SSSR count). The molecule has 2 aliphatic rings. The topological polar surface area (TPSA) is 73.6 Å². The molecule has 0 amide bonds. The average Bonchev–Trinajstić information content (AvgIpc) is 3.42. The Labute approximate surface area is 178 Å². The fourth-order valence-electron chi connectivity index (χ4n) is 4.59. The van der Waals surface area contributed by atoms with Gasteiger partial charge in [0, 0.05) is 23.6 Å². The fourth-order valence-corrected chi connectivity index (χ4v) is 5.27. The number of ether oxygens (including phenoxy) is 2. The number of aryl methyl sites for hydroxylation is 1. The zero-order chi connectivity index (χ0) is 20.8. The standard InChI is InChI=1S/C23H22N2O4S/c1-12-20-21(14-6-7-30-11-14)22-16(24-23(20)29-25-12)8-15(9-17(22)26)13-4-5-18(27-2)19(10-13)28-3/h4-7,10-11,15,21,24H,8-9H2,1-3H3/t15-,21+/m1/s1. The maximum absolute atomic E-state index is 13.4. The van der Waals surface area contributed by atoms with Gasteiger partial charge < -0.3 is 19.3 Å². The molecule has 6 nitrogen and oxygen atoms in total. The first kappa shape index (κ1) is 18.9. The Bertz CT molecular complexity index is 1150. The molecule has 1 N–H and O–H groups in total. The van der Waals surface area contributed by atoms with Crippen molar-refractivity contribution < 1.29 is 18.8 Å². The molecule has 0 fully saturated rings. The van der Waals surface area contributed by atoms with Gasteiger partial charge in [0.15, 0.2) is 17.3 Å². The second-order valence-electron chi connectivity index (χ2n) is 7.66. The van der Waals surface area contributed by atoms with Crippen LogP contribution in [0.2, 0.25) is 0 Å². The van der Waals surface area contributed by atoms with Crippen LogP contribution in [0.25, 0.3) is 0 Å². The van der Waals surface area contributed by atoms with E-state index in [0.29, 0.717) is 23.8 Å². The molecule has 0 unspecified atom stereocenters. The zero-order valence-corrected chi connectivity index (χ0v) is 17.8. The third-order valence-corrected chi connectivity index (χ3v) is 6.71. The predicted molar refractivity (Wildman–Crippen MR) is 115 cm³/mol. The number of carbonyl (C=O) groups excluding carboxylic acids is 1. The molecule has 7 heteroatoms. The second-order valence-corrected chi connectivity index (χ2v) is 8.44. The van der Waals surface area contributed by atoms with E-state index in [1.165, 1.54) is 0 Å². The van der Waals surface area contributed by atoms with E-state index in [0.717, 1.165) is 40.1 Å². The lowest BCUT2D eigenvalue weighted by Gasteiger charge is -2.34. The zero-order valence-electron chi connectivity index (χ0n) is 17.0. The van der Waals surface area contributed by atoms with Gasteiger partial charge in [0.05, 0.1) is 25.5 Å². The number of Topliss-reactive ketones (excluding diaryl/α,β-unsaturated/α-hetero) is 1. The van der Waals surface area contributed by atoms with Crippen LogP contribution in [0.3, 0.4) is 0 Å². The lowest BCUT2D eigenvalue weighted by Crippen LogP contribution is -2.29. The molecule has 0 bridgehead atoms. The highest BCUT2D eigenvalue weighted by atomic mass is 32.1. The molecule has 0 saturated heterocycles. The van der Waals surface area contributed by atoms with E-state index in [9.17, 15) is 4.79 Å². The Morgan fingerprint density at radius 3 is 2.70 bits per heavy atom. The van der Waals surface area contributed by atoms with Crippen LogP contribution in [0, 0.1) is 6.92 Å². The van der Waals surface area contributed by atoms with Gasteiger partial charge in [-0.3, -0.25) is 4.79 Å². The Morgan fingerprint density at radius 1 is 1.13 bits per heavy atom. The molecule has 0 radical (unpaired) electrons. The maximum atomic E-state index is 13.4. The third kappa shape index (κ3) is 2.92. The normalized spacial score (nSPS) is 20.4. The number of fused-ring (bicyclic) bond motifs is 1. The summed E-state index contributed by atoms with van der Waals surface area (Å²) in [4.78, 5) is 13.4. The molecule has 3 aromatic rings. The van der Waals surface area contributed by atoms with Crippen LogP contribution in [-0.2, 0) is 4.79 Å². The van der Waals surface area contributed by atoms with Crippen LogP contribution >= 0.6 is 11.3 Å². The van der Waals surface area contributed by atoms with Crippen molar-refractivity contribution in [2.45, 2.75) is 31.6 Å². The molecule has 0 spiro atoms. The number of hydrogen-bond donors (Lipinski definition) is 1. The van der Waals surface area contributed by atoms with Gasteiger partial charge in [0.25, 0.3) is 0 Å². The van der Waals surface area contributed by atoms with Crippen LogP contribution in [0.15, 0.2) is 50.8 Å². The first-order valence-corrected chi connectivity index (χ1v) is 10.8. The Balaban J connectivity index is 1.56. The van der Waals surface area contributed by atoms with E-state index in [2.05, 4.69) is 21.9 Å². The highest BCUT2D eigenvalue weighted by molar-refractivity contribution is 7.08. The number of anilines is 1. The summed E-state index contributed by atoms with van der Waals surface area (Å²) < 4.78 is 16.4. The summed E-state index contributed by atoms with van der Waals surface area (Å²) in [6.07, 6.45) is 1.17. The molecule has 2 atom stereocenters. The fraction of sp³-hybridized carbons (Fsp3) is 0.304. The first-order chi connectivity index (χ1) is 14.6. The van der Waals surface area contributed by atoms with Crippen molar-refractivity contribution in [1.82, 2.24) is 5.16 Å². The molecule has 1 aromatic carbocycles. The van der Waals surface area contributed by atoms with Crippen molar-refractivity contribution in [3.63, 3.8) is 0 Å². The minimum Gasteiger partial charge on any atom is -0.493 e. The monoisotopic (exact) mass is 422 g/mol. The summed E-state index contributed by atoms with van der Waals surface area (Å²) in [7, 11) is 3.24. The number of carbonyl (C=O) groups is 1. The van der Waals surface area contributed by atoms with Crippen molar-refractivity contribution in [3.05, 3.63) is 68.7 Å². The van der Waals surface area contributed by atoms with E-state index in [1.54, 1.807) is 25.6 Å². The van der Waals surface area contributed by atoms with Crippen molar-refractivity contribution in [1.29, 1.82) is 0 Å². The number of hydrogen-bond acceptors (Lipinski definition) is 7. The van der Waals surface area contributed by atoms with Gasteiger partial charge in [0.2, 0.25) is 5.88 Å². The number of ketones is 1. The van der Waals surface area contributed by atoms with Crippen LogP contribution < -0.4 is 14.8 Å². The summed E-state index contributed by atoms with van der Waals surface area (Å²) >= 11 is 1.63. The minimum absolute atomic E-state index is 0.0530. The Hall–Kier alpha value is -3.06. The van der Waals surface area contributed by atoms with Gasteiger partial charge in [-0.25, -0.2) is 0 Å². The van der Waals surface area contributed by atoms with E-state index >= 15 is 0 Å². The number of benzene rings is 1. The third-order valence-electron chi connectivity index (χ3n) is 6.01. The van der Waals surface area contributed by atoms with Crippen LogP contribution in [-0.4, -0.2) is 25.2 Å². The number of thiophene rings is 1. The largest absolute Gasteiger partial charge is 0.493 e. The molecule has 30 heavy (non-hydrogen) atoms. The average molecular weight is 423 g/mol. The van der Waals surface area contributed by atoms with E-state index in [1.807, 2.05) is 30.5 Å². The van der Waals surface area contributed by atoms with E-state index < -0.39 is 0 Å². The lowest BCUT2D eigenvalue weighted by atomic mass is 9.73. The highest BCUT2D eigenvalue weighted by Crippen LogP contribution is 2.49.